The van der Waals surface area contributed by atoms with Crippen LogP contribution in [0.2, 0.25) is 0 Å². The first-order valence-corrected chi connectivity index (χ1v) is 6.62. The van der Waals surface area contributed by atoms with Crippen molar-refractivity contribution in [3.05, 3.63) is 29.8 Å². The van der Waals surface area contributed by atoms with Gasteiger partial charge in [-0.15, -0.1) is 0 Å². The smallest absolute Gasteiger partial charge is 0.341 e. The number of halogens is 2. The van der Waals surface area contributed by atoms with Gasteiger partial charge >= 0.3 is 5.76 Å². The van der Waals surface area contributed by atoms with Gasteiger partial charge in [-0.2, -0.15) is 8.78 Å². The summed E-state index contributed by atoms with van der Waals surface area (Å²) in [4.78, 5) is -0.414. The van der Waals surface area contributed by atoms with Crippen molar-refractivity contribution in [2.24, 2.45) is 0 Å². The molecule has 0 spiro atoms. The van der Waals surface area contributed by atoms with Gasteiger partial charge in [-0.05, 0) is 18.6 Å². The van der Waals surface area contributed by atoms with Crippen molar-refractivity contribution < 1.29 is 22.3 Å². The van der Waals surface area contributed by atoms with E-state index >= 15 is 0 Å². The highest BCUT2D eigenvalue weighted by Gasteiger charge is 2.30. The molecular weight excluding hydrogens is 250 g/mol. The number of hydrogen-bond acceptors (Lipinski definition) is 3. The molecule has 96 valence electrons. The zero-order chi connectivity index (χ0) is 13.2. The van der Waals surface area contributed by atoms with Gasteiger partial charge in [-0.25, -0.2) is 8.42 Å². The molecule has 0 radical (unpaired) electrons. The van der Waals surface area contributed by atoms with Crippen LogP contribution in [0, 0.1) is 0 Å². The normalized spacial score (nSPS) is 15.9. The minimum absolute atomic E-state index is 0.211. The van der Waals surface area contributed by atoms with Crippen molar-refractivity contribution in [3.63, 3.8) is 0 Å². The highest BCUT2D eigenvalue weighted by Crippen LogP contribution is 2.29. The number of hydrogen-bond donors (Lipinski definition) is 1. The van der Waals surface area contributed by atoms with Gasteiger partial charge in [-0.1, -0.05) is 25.1 Å². The van der Waals surface area contributed by atoms with Crippen LogP contribution in [0.4, 0.5) is 8.78 Å². The highest BCUT2D eigenvalue weighted by molar-refractivity contribution is 7.91. The Balaban J connectivity index is 3.36. The fraction of sp³-hybridized carbons (Fsp3) is 0.455. The lowest BCUT2D eigenvalue weighted by Gasteiger charge is -2.18. The minimum atomic E-state index is -4.63. The molecule has 3 nitrogen and oxygen atoms in total. The molecule has 0 amide bonds. The van der Waals surface area contributed by atoms with Crippen LogP contribution >= 0.6 is 0 Å². The summed E-state index contributed by atoms with van der Waals surface area (Å²) in [7, 11) is -4.63. The molecule has 1 aromatic carbocycles. The SMILES string of the molecule is CC(O)C(C)c1ccccc1S(=O)(=O)C(F)F. The molecule has 0 bridgehead atoms. The summed E-state index contributed by atoms with van der Waals surface area (Å²) in [6, 6.07) is 5.51. The molecular formula is C11H14F2O3S. The second-order valence-corrected chi connectivity index (χ2v) is 5.76. The maximum atomic E-state index is 12.5. The maximum Gasteiger partial charge on any atom is 0.341 e. The first-order chi connectivity index (χ1) is 7.78. The van der Waals surface area contributed by atoms with Gasteiger partial charge in [-0.3, -0.25) is 0 Å². The second kappa shape index (κ2) is 5.10. The molecule has 0 saturated carbocycles. The Morgan fingerprint density at radius 3 is 2.18 bits per heavy atom. The Kier molecular flexibility index (Phi) is 4.21. The predicted molar refractivity (Wildman–Crippen MR) is 59.7 cm³/mol. The van der Waals surface area contributed by atoms with Crippen LogP contribution in [-0.2, 0) is 9.84 Å². The monoisotopic (exact) mass is 264 g/mol. The lowest BCUT2D eigenvalue weighted by molar-refractivity contribution is 0.167. The largest absolute Gasteiger partial charge is 0.393 e. The molecule has 6 heteroatoms. The van der Waals surface area contributed by atoms with Gasteiger partial charge < -0.3 is 5.11 Å². The molecule has 0 fully saturated rings. The quantitative estimate of drug-likeness (QED) is 0.906. The molecule has 2 unspecified atom stereocenters. The van der Waals surface area contributed by atoms with Crippen molar-refractivity contribution in [2.75, 3.05) is 0 Å². The molecule has 1 N–H and O–H groups in total. The van der Waals surface area contributed by atoms with E-state index in [1.54, 1.807) is 13.0 Å². The number of alkyl halides is 2. The Labute approximate surface area is 99.0 Å². The number of benzene rings is 1. The van der Waals surface area contributed by atoms with E-state index in [1.807, 2.05) is 0 Å². The summed E-state index contributed by atoms with van der Waals surface area (Å²) in [6.45, 7) is 3.07. The van der Waals surface area contributed by atoms with Crippen molar-refractivity contribution in [2.45, 2.75) is 36.5 Å². The van der Waals surface area contributed by atoms with Gasteiger partial charge in [0.05, 0.1) is 11.0 Å². The van der Waals surface area contributed by atoms with Crippen LogP contribution in [0.3, 0.4) is 0 Å². The summed E-state index contributed by atoms with van der Waals surface area (Å²) in [5, 5.41) is 9.42. The van der Waals surface area contributed by atoms with Crippen LogP contribution in [0.25, 0.3) is 0 Å². The van der Waals surface area contributed by atoms with E-state index in [0.717, 1.165) is 6.07 Å². The van der Waals surface area contributed by atoms with Crippen LogP contribution < -0.4 is 0 Å². The van der Waals surface area contributed by atoms with Crippen LogP contribution in [0.1, 0.15) is 25.3 Å². The van der Waals surface area contributed by atoms with Crippen LogP contribution in [0.15, 0.2) is 29.2 Å². The zero-order valence-electron chi connectivity index (χ0n) is 9.47. The average molecular weight is 264 g/mol. The maximum absolute atomic E-state index is 12.5. The van der Waals surface area contributed by atoms with Gasteiger partial charge in [0.15, 0.2) is 0 Å². The van der Waals surface area contributed by atoms with E-state index in [0.29, 0.717) is 0 Å². The van der Waals surface area contributed by atoms with E-state index in [-0.39, 0.29) is 5.56 Å². The van der Waals surface area contributed by atoms with Crippen LogP contribution in [-0.4, -0.2) is 25.4 Å². The summed E-state index contributed by atoms with van der Waals surface area (Å²) in [6.07, 6.45) is -0.816. The standard InChI is InChI=1S/C11H14F2O3S/c1-7(8(2)14)9-5-3-4-6-10(9)17(15,16)11(12)13/h3-8,11,14H,1-2H3. The molecule has 1 aromatic rings. The number of aliphatic hydroxyl groups excluding tert-OH is 1. The third-order valence-corrected chi connectivity index (χ3v) is 4.13. The highest BCUT2D eigenvalue weighted by atomic mass is 32.2. The van der Waals surface area contributed by atoms with Crippen LogP contribution in [0.5, 0.6) is 0 Å². The zero-order valence-corrected chi connectivity index (χ0v) is 10.3. The lowest BCUT2D eigenvalue weighted by atomic mass is 9.96. The van der Waals surface area contributed by atoms with E-state index < -0.39 is 32.5 Å². The molecule has 0 heterocycles. The minimum Gasteiger partial charge on any atom is -0.393 e. The molecule has 0 aliphatic rings. The van der Waals surface area contributed by atoms with Gasteiger partial charge in [0.2, 0.25) is 9.84 Å². The molecule has 0 aromatic heterocycles. The fourth-order valence-corrected chi connectivity index (χ4v) is 2.51. The summed E-state index contributed by atoms with van der Waals surface area (Å²) >= 11 is 0. The molecule has 1 rings (SSSR count). The first kappa shape index (κ1) is 14.1. The summed E-state index contributed by atoms with van der Waals surface area (Å²) in [5.41, 5.74) is 0.211. The van der Waals surface area contributed by atoms with E-state index in [4.69, 9.17) is 0 Å². The van der Waals surface area contributed by atoms with Gasteiger partial charge in [0, 0.05) is 5.92 Å². The fourth-order valence-electron chi connectivity index (χ4n) is 1.47. The first-order valence-electron chi connectivity index (χ1n) is 5.07. The third kappa shape index (κ3) is 2.81. The summed E-state index contributed by atoms with van der Waals surface area (Å²) in [5.74, 6) is -3.98. The van der Waals surface area contributed by atoms with Gasteiger partial charge in [0.1, 0.15) is 0 Å². The number of rotatable bonds is 4. The number of aliphatic hydroxyl groups is 1. The molecule has 17 heavy (non-hydrogen) atoms. The summed E-state index contributed by atoms with van der Waals surface area (Å²) < 4.78 is 47.9. The number of sulfone groups is 1. The Hall–Kier alpha value is -1.01. The van der Waals surface area contributed by atoms with E-state index in [2.05, 4.69) is 0 Å². The van der Waals surface area contributed by atoms with Crippen molar-refractivity contribution >= 4 is 9.84 Å². The lowest BCUT2D eigenvalue weighted by Crippen LogP contribution is -2.18. The molecule has 0 aliphatic carbocycles. The topological polar surface area (TPSA) is 54.4 Å². The predicted octanol–water partition coefficient (Wildman–Crippen LogP) is 2.17. The Bertz CT molecular complexity index is 483. The van der Waals surface area contributed by atoms with Crippen molar-refractivity contribution in [1.29, 1.82) is 0 Å². The second-order valence-electron chi connectivity index (χ2n) is 3.87. The van der Waals surface area contributed by atoms with Crippen molar-refractivity contribution in [3.8, 4) is 0 Å². The Morgan fingerprint density at radius 1 is 1.18 bits per heavy atom. The van der Waals surface area contributed by atoms with E-state index in [9.17, 15) is 22.3 Å². The Morgan fingerprint density at radius 2 is 1.71 bits per heavy atom. The molecule has 0 saturated heterocycles. The van der Waals surface area contributed by atoms with Gasteiger partial charge in [0.25, 0.3) is 0 Å². The molecule has 2 atom stereocenters. The average Bonchev–Trinajstić information content (AvgIpc) is 2.27. The third-order valence-electron chi connectivity index (χ3n) is 2.67. The van der Waals surface area contributed by atoms with E-state index in [1.165, 1.54) is 19.1 Å². The molecule has 0 aliphatic heterocycles. The van der Waals surface area contributed by atoms with Crippen molar-refractivity contribution in [1.82, 2.24) is 0 Å².